The third kappa shape index (κ3) is 6.26. The van der Waals surface area contributed by atoms with E-state index >= 15 is 0 Å². The Morgan fingerprint density at radius 1 is 1.00 bits per heavy atom. The van der Waals surface area contributed by atoms with Gasteiger partial charge < -0.3 is 18.9 Å². The average Bonchev–Trinajstić information content (AvgIpc) is 2.57. The van der Waals surface area contributed by atoms with E-state index in [0.29, 0.717) is 25.9 Å². The van der Waals surface area contributed by atoms with Gasteiger partial charge in [-0.15, -0.1) is 0 Å². The van der Waals surface area contributed by atoms with E-state index in [1.165, 1.54) is 0 Å². The molecule has 0 radical (unpaired) electrons. The number of hydrogen-bond acceptors (Lipinski definition) is 6. The summed E-state index contributed by atoms with van der Waals surface area (Å²) in [5.74, 6) is -1.03. The van der Waals surface area contributed by atoms with E-state index in [1.807, 2.05) is 20.8 Å². The van der Waals surface area contributed by atoms with Crippen molar-refractivity contribution in [2.45, 2.75) is 85.0 Å². The second-order valence-electron chi connectivity index (χ2n) is 7.05. The van der Waals surface area contributed by atoms with Crippen molar-refractivity contribution < 1.29 is 28.5 Å². The van der Waals surface area contributed by atoms with E-state index in [-0.39, 0.29) is 19.5 Å². The summed E-state index contributed by atoms with van der Waals surface area (Å²) in [6, 6.07) is 0. The molecule has 1 aliphatic heterocycles. The van der Waals surface area contributed by atoms with Crippen LogP contribution in [0.15, 0.2) is 0 Å². The molecule has 1 atom stereocenters. The lowest BCUT2D eigenvalue weighted by atomic mass is 9.78. The predicted octanol–water partition coefficient (Wildman–Crippen LogP) is 3.61. The number of carbonyl (C=O) groups is 2. The van der Waals surface area contributed by atoms with Crippen LogP contribution in [0.4, 0.5) is 0 Å². The van der Waals surface area contributed by atoms with Gasteiger partial charge in [0.2, 0.25) is 0 Å². The monoisotopic (exact) mass is 358 g/mol. The number of rotatable bonds is 10. The molecule has 6 heteroatoms. The molecule has 0 saturated carbocycles. The Morgan fingerprint density at radius 2 is 1.60 bits per heavy atom. The van der Waals surface area contributed by atoms with Crippen LogP contribution in [0.25, 0.3) is 0 Å². The maximum absolute atomic E-state index is 12.5. The maximum atomic E-state index is 12.5. The lowest BCUT2D eigenvalue weighted by Gasteiger charge is -2.35. The molecule has 0 amide bonds. The van der Waals surface area contributed by atoms with E-state index in [4.69, 9.17) is 18.9 Å². The molecule has 1 aliphatic rings. The maximum Gasteiger partial charge on any atom is 0.323 e. The lowest BCUT2D eigenvalue weighted by Crippen LogP contribution is -2.44. The van der Waals surface area contributed by atoms with Crippen molar-refractivity contribution in [3.05, 3.63) is 0 Å². The largest absolute Gasteiger partial charge is 0.465 e. The molecular weight excluding hydrogens is 324 g/mol. The first-order valence-electron chi connectivity index (χ1n) is 9.45. The Balaban J connectivity index is 2.81. The molecule has 0 N–H and O–H groups in total. The van der Waals surface area contributed by atoms with Gasteiger partial charge in [0.25, 0.3) is 0 Å². The minimum atomic E-state index is -1.28. The van der Waals surface area contributed by atoms with Crippen LogP contribution in [0.3, 0.4) is 0 Å². The second-order valence-corrected chi connectivity index (χ2v) is 7.05. The van der Waals surface area contributed by atoms with Gasteiger partial charge in [0.05, 0.1) is 18.8 Å². The highest BCUT2D eigenvalue weighted by atomic mass is 16.7. The average molecular weight is 358 g/mol. The first-order valence-corrected chi connectivity index (χ1v) is 9.45. The first kappa shape index (κ1) is 21.9. The van der Waals surface area contributed by atoms with Gasteiger partial charge in [0.15, 0.2) is 11.7 Å². The fraction of sp³-hybridized carbons (Fsp3) is 0.895. The zero-order valence-electron chi connectivity index (χ0n) is 16.4. The van der Waals surface area contributed by atoms with Gasteiger partial charge in [-0.1, -0.05) is 6.92 Å². The van der Waals surface area contributed by atoms with Gasteiger partial charge in [0.1, 0.15) is 0 Å². The smallest absolute Gasteiger partial charge is 0.323 e. The standard InChI is InChI=1S/C19H34O6/c1-6-19(16(20)22-7-2,17(21)23-8-3)13-12-18(4,5)25-15-11-9-10-14-24-15/h15H,6-14H2,1-5H3. The molecule has 1 fully saturated rings. The Morgan fingerprint density at radius 3 is 2.04 bits per heavy atom. The van der Waals surface area contributed by atoms with Crippen molar-refractivity contribution in [3.8, 4) is 0 Å². The minimum absolute atomic E-state index is 0.218. The highest BCUT2D eigenvalue weighted by molar-refractivity contribution is 6.00. The summed E-state index contributed by atoms with van der Waals surface area (Å²) in [5.41, 5.74) is -1.79. The van der Waals surface area contributed by atoms with E-state index in [1.54, 1.807) is 13.8 Å². The van der Waals surface area contributed by atoms with Crippen LogP contribution in [0.5, 0.6) is 0 Å². The summed E-state index contributed by atoms with van der Waals surface area (Å²) < 4.78 is 22.1. The highest BCUT2D eigenvalue weighted by Gasteiger charge is 2.48. The summed E-state index contributed by atoms with van der Waals surface area (Å²) in [7, 11) is 0. The SMILES string of the molecule is CCOC(=O)C(CC)(CCC(C)(C)OC1CCCCO1)C(=O)OCC. The van der Waals surface area contributed by atoms with Crippen molar-refractivity contribution >= 4 is 11.9 Å². The molecule has 0 bridgehead atoms. The summed E-state index contributed by atoms with van der Waals surface area (Å²) in [4.78, 5) is 25.1. The molecule has 146 valence electrons. The van der Waals surface area contributed by atoms with E-state index in [0.717, 1.165) is 19.3 Å². The number of carbonyl (C=O) groups excluding carboxylic acids is 2. The first-order chi connectivity index (χ1) is 11.8. The lowest BCUT2D eigenvalue weighted by molar-refractivity contribution is -0.218. The molecule has 0 aromatic heterocycles. The number of hydrogen-bond donors (Lipinski definition) is 0. The van der Waals surface area contributed by atoms with Crippen molar-refractivity contribution in [1.29, 1.82) is 0 Å². The van der Waals surface area contributed by atoms with Gasteiger partial charge in [-0.25, -0.2) is 0 Å². The van der Waals surface area contributed by atoms with Gasteiger partial charge in [-0.3, -0.25) is 9.59 Å². The van der Waals surface area contributed by atoms with Gasteiger partial charge >= 0.3 is 11.9 Å². The fourth-order valence-electron chi connectivity index (χ4n) is 3.02. The van der Waals surface area contributed by atoms with E-state index < -0.39 is 23.0 Å². The van der Waals surface area contributed by atoms with Crippen LogP contribution in [0.2, 0.25) is 0 Å². The molecule has 25 heavy (non-hydrogen) atoms. The summed E-state index contributed by atoms with van der Waals surface area (Å²) >= 11 is 0. The summed E-state index contributed by atoms with van der Waals surface area (Å²) in [5, 5.41) is 0. The molecule has 1 rings (SSSR count). The van der Waals surface area contributed by atoms with Crippen LogP contribution >= 0.6 is 0 Å². The zero-order valence-corrected chi connectivity index (χ0v) is 16.4. The number of esters is 2. The molecule has 6 nitrogen and oxygen atoms in total. The van der Waals surface area contributed by atoms with E-state index in [2.05, 4.69) is 0 Å². The second kappa shape index (κ2) is 10.1. The molecule has 1 unspecified atom stereocenters. The Kier molecular flexibility index (Phi) is 8.86. The topological polar surface area (TPSA) is 71.1 Å². The fourth-order valence-corrected chi connectivity index (χ4v) is 3.02. The molecule has 1 heterocycles. The zero-order chi connectivity index (χ0) is 18.9. The minimum Gasteiger partial charge on any atom is -0.465 e. The molecule has 0 spiro atoms. The molecule has 0 aliphatic carbocycles. The van der Waals surface area contributed by atoms with Gasteiger partial charge in [0, 0.05) is 6.61 Å². The van der Waals surface area contributed by atoms with Crippen molar-refractivity contribution in [2.75, 3.05) is 19.8 Å². The van der Waals surface area contributed by atoms with Crippen LogP contribution in [-0.2, 0) is 28.5 Å². The Bertz CT molecular complexity index is 408. The van der Waals surface area contributed by atoms with Gasteiger partial charge in [-0.05, 0) is 66.2 Å². The Labute approximate surface area is 151 Å². The summed E-state index contributed by atoms with van der Waals surface area (Å²) in [6.45, 7) is 10.4. The van der Waals surface area contributed by atoms with Crippen LogP contribution in [-0.4, -0.2) is 43.7 Å². The third-order valence-electron chi connectivity index (χ3n) is 4.68. The number of ether oxygens (including phenoxy) is 4. The van der Waals surface area contributed by atoms with Crippen LogP contribution in [0.1, 0.15) is 73.1 Å². The van der Waals surface area contributed by atoms with Crippen LogP contribution in [0, 0.1) is 5.41 Å². The van der Waals surface area contributed by atoms with Gasteiger partial charge in [-0.2, -0.15) is 0 Å². The molecule has 0 aromatic rings. The normalized spacial score (nSPS) is 18.7. The third-order valence-corrected chi connectivity index (χ3v) is 4.68. The van der Waals surface area contributed by atoms with Crippen molar-refractivity contribution in [1.82, 2.24) is 0 Å². The van der Waals surface area contributed by atoms with E-state index in [9.17, 15) is 9.59 Å². The van der Waals surface area contributed by atoms with Crippen molar-refractivity contribution in [2.24, 2.45) is 5.41 Å². The highest BCUT2D eigenvalue weighted by Crippen LogP contribution is 2.36. The summed E-state index contributed by atoms with van der Waals surface area (Å²) in [6.07, 6.45) is 3.98. The molecular formula is C19H34O6. The molecule has 1 saturated heterocycles. The quantitative estimate of drug-likeness (QED) is 0.439. The predicted molar refractivity (Wildman–Crippen MR) is 94.0 cm³/mol. The van der Waals surface area contributed by atoms with Crippen LogP contribution < -0.4 is 0 Å². The van der Waals surface area contributed by atoms with Crippen molar-refractivity contribution in [3.63, 3.8) is 0 Å². The molecule has 0 aromatic carbocycles. The Hall–Kier alpha value is -1.14.